The van der Waals surface area contributed by atoms with Crippen LogP contribution in [0.5, 0.6) is 0 Å². The molecular formula is C30H22F3N3O7. The molecule has 0 aliphatic carbocycles. The van der Waals surface area contributed by atoms with Crippen LogP contribution in [-0.2, 0) is 31.8 Å². The molecule has 0 saturated carbocycles. The maximum Gasteiger partial charge on any atom is 0.419 e. The topological polar surface area (TPSA) is 137 Å². The van der Waals surface area contributed by atoms with Crippen LogP contribution in [0.3, 0.4) is 0 Å². The highest BCUT2D eigenvalue weighted by molar-refractivity contribution is 6.08. The predicted octanol–water partition coefficient (Wildman–Crippen LogP) is 5.80. The van der Waals surface area contributed by atoms with Gasteiger partial charge in [-0.1, -0.05) is 48.5 Å². The summed E-state index contributed by atoms with van der Waals surface area (Å²) in [7, 11) is 0. The molecule has 3 aromatic carbocycles. The summed E-state index contributed by atoms with van der Waals surface area (Å²) in [5.41, 5.74) is -1.36. The number of amides is 3. The molecule has 3 amide bonds. The largest absolute Gasteiger partial charge is 0.478 e. The standard InChI is InChI=1S/C30H22F3N3O7/c1-18-25(27(38)39)26(21-12-10-19(15-34)11-13-21)36(28(40)35(18)23-9-5-8-22(14-23)30(31,32)33)29(41)43-17-24(37)42-16-20-6-3-2-4-7-20/h2-14,26H,16-17H2,1H3,(H,38,39). The number of rotatable bonds is 7. The molecule has 0 radical (unpaired) electrons. The summed E-state index contributed by atoms with van der Waals surface area (Å²) in [6.45, 7) is 0.119. The fraction of sp³-hybridized carbons (Fsp3) is 0.167. The van der Waals surface area contributed by atoms with E-state index in [9.17, 15) is 37.5 Å². The minimum atomic E-state index is -4.79. The first-order valence-electron chi connectivity index (χ1n) is 12.5. The lowest BCUT2D eigenvalue weighted by molar-refractivity contribution is -0.148. The number of nitriles is 1. The van der Waals surface area contributed by atoms with Crippen molar-refractivity contribution in [1.82, 2.24) is 4.90 Å². The van der Waals surface area contributed by atoms with E-state index >= 15 is 0 Å². The quantitative estimate of drug-likeness (QED) is 0.340. The van der Waals surface area contributed by atoms with E-state index in [1.165, 1.54) is 31.2 Å². The summed E-state index contributed by atoms with van der Waals surface area (Å²) in [4.78, 5) is 53.1. The Morgan fingerprint density at radius 2 is 1.65 bits per heavy atom. The molecule has 13 heteroatoms. The van der Waals surface area contributed by atoms with Gasteiger partial charge >= 0.3 is 30.2 Å². The number of allylic oxidation sites excluding steroid dienone is 1. The van der Waals surface area contributed by atoms with Gasteiger partial charge in [-0.05, 0) is 48.4 Å². The molecule has 0 aromatic heterocycles. The molecule has 4 rings (SSSR count). The molecule has 1 atom stereocenters. The summed E-state index contributed by atoms with van der Waals surface area (Å²) in [6.07, 6.45) is -6.24. The molecule has 1 aliphatic rings. The number of aliphatic carboxylic acids is 1. The zero-order chi connectivity index (χ0) is 31.3. The molecule has 1 heterocycles. The van der Waals surface area contributed by atoms with E-state index in [-0.39, 0.29) is 29.1 Å². The number of carboxylic acid groups (broad SMARTS) is 1. The Kier molecular flexibility index (Phi) is 8.80. The number of carbonyl (C=O) groups is 4. The zero-order valence-corrected chi connectivity index (χ0v) is 22.4. The lowest BCUT2D eigenvalue weighted by Gasteiger charge is -2.40. The number of ether oxygens (including phenoxy) is 2. The summed E-state index contributed by atoms with van der Waals surface area (Å²) in [5.74, 6) is -2.56. The van der Waals surface area contributed by atoms with Crippen molar-refractivity contribution in [2.45, 2.75) is 25.7 Å². The molecule has 220 valence electrons. The van der Waals surface area contributed by atoms with Gasteiger partial charge in [-0.15, -0.1) is 0 Å². The molecule has 43 heavy (non-hydrogen) atoms. The number of esters is 1. The number of benzene rings is 3. The fourth-order valence-corrected chi connectivity index (χ4v) is 4.42. The number of nitrogens with zero attached hydrogens (tertiary/aromatic N) is 3. The van der Waals surface area contributed by atoms with Crippen LogP contribution in [-0.4, -0.2) is 40.7 Å². The summed E-state index contributed by atoms with van der Waals surface area (Å²) < 4.78 is 50.5. The van der Waals surface area contributed by atoms with Crippen LogP contribution in [0.2, 0.25) is 0 Å². The van der Waals surface area contributed by atoms with E-state index in [2.05, 4.69) is 0 Å². The third kappa shape index (κ3) is 6.65. The van der Waals surface area contributed by atoms with Gasteiger partial charge in [0, 0.05) is 5.70 Å². The highest BCUT2D eigenvalue weighted by Crippen LogP contribution is 2.41. The summed E-state index contributed by atoms with van der Waals surface area (Å²) in [5, 5.41) is 19.4. The van der Waals surface area contributed by atoms with Crippen LogP contribution >= 0.6 is 0 Å². The molecule has 1 unspecified atom stereocenters. The van der Waals surface area contributed by atoms with Crippen molar-refractivity contribution >= 4 is 29.8 Å². The zero-order valence-electron chi connectivity index (χ0n) is 22.4. The van der Waals surface area contributed by atoms with Crippen molar-refractivity contribution in [2.75, 3.05) is 11.5 Å². The first-order chi connectivity index (χ1) is 20.4. The van der Waals surface area contributed by atoms with E-state index in [0.29, 0.717) is 21.4 Å². The van der Waals surface area contributed by atoms with Crippen LogP contribution in [0, 0.1) is 11.3 Å². The normalized spacial score (nSPS) is 15.1. The van der Waals surface area contributed by atoms with Crippen LogP contribution in [0.4, 0.5) is 28.4 Å². The molecule has 0 fully saturated rings. The number of carboxylic acids is 1. The number of imide groups is 1. The minimum Gasteiger partial charge on any atom is -0.478 e. The second kappa shape index (κ2) is 12.5. The van der Waals surface area contributed by atoms with Gasteiger partial charge in [0.25, 0.3) is 0 Å². The van der Waals surface area contributed by atoms with E-state index in [4.69, 9.17) is 14.7 Å². The smallest absolute Gasteiger partial charge is 0.419 e. The summed E-state index contributed by atoms with van der Waals surface area (Å²) >= 11 is 0. The number of carbonyl (C=O) groups excluding carboxylic acids is 3. The van der Waals surface area contributed by atoms with E-state index in [1.54, 1.807) is 30.3 Å². The molecule has 3 aromatic rings. The average Bonchev–Trinajstić information content (AvgIpc) is 2.98. The van der Waals surface area contributed by atoms with Crippen molar-refractivity contribution in [1.29, 1.82) is 5.26 Å². The second-order valence-corrected chi connectivity index (χ2v) is 9.18. The van der Waals surface area contributed by atoms with Crippen LogP contribution in [0.1, 0.15) is 35.2 Å². The fourth-order valence-electron chi connectivity index (χ4n) is 4.42. The Hall–Kier alpha value is -5.64. The number of halogens is 3. The molecule has 10 nitrogen and oxygen atoms in total. The molecule has 0 bridgehead atoms. The van der Waals surface area contributed by atoms with Crippen LogP contribution in [0.25, 0.3) is 0 Å². The van der Waals surface area contributed by atoms with E-state index < -0.39 is 54.0 Å². The number of urea groups is 1. The highest BCUT2D eigenvalue weighted by atomic mass is 19.4. The number of anilines is 1. The maximum absolute atomic E-state index is 13.8. The maximum atomic E-state index is 13.8. The molecular weight excluding hydrogens is 571 g/mol. The Morgan fingerprint density at radius 3 is 2.26 bits per heavy atom. The molecule has 0 saturated heterocycles. The number of hydrogen-bond donors (Lipinski definition) is 1. The molecule has 1 aliphatic heterocycles. The van der Waals surface area contributed by atoms with Crippen LogP contribution < -0.4 is 4.90 Å². The van der Waals surface area contributed by atoms with Gasteiger partial charge in [0.1, 0.15) is 12.6 Å². The minimum absolute atomic E-state index is 0.0800. The van der Waals surface area contributed by atoms with Crippen molar-refractivity contribution in [3.63, 3.8) is 0 Å². The third-order valence-corrected chi connectivity index (χ3v) is 6.42. The van der Waals surface area contributed by atoms with Crippen molar-refractivity contribution in [2.24, 2.45) is 0 Å². The number of hydrogen-bond acceptors (Lipinski definition) is 7. The Balaban J connectivity index is 1.73. The average molecular weight is 594 g/mol. The van der Waals surface area contributed by atoms with Gasteiger partial charge in [0.05, 0.1) is 28.5 Å². The molecule has 0 spiro atoms. The monoisotopic (exact) mass is 593 g/mol. The second-order valence-electron chi connectivity index (χ2n) is 9.18. The van der Waals surface area contributed by atoms with Gasteiger partial charge in [-0.3, -0.25) is 4.90 Å². The predicted molar refractivity (Wildman–Crippen MR) is 143 cm³/mol. The first-order valence-corrected chi connectivity index (χ1v) is 12.5. The van der Waals surface area contributed by atoms with Gasteiger partial charge in [0.2, 0.25) is 0 Å². The molecule has 1 N–H and O–H groups in total. The lowest BCUT2D eigenvalue weighted by Crippen LogP contribution is -2.53. The number of alkyl halides is 3. The van der Waals surface area contributed by atoms with E-state index in [0.717, 1.165) is 18.2 Å². The van der Waals surface area contributed by atoms with Crippen molar-refractivity contribution < 1.29 is 46.9 Å². The third-order valence-electron chi connectivity index (χ3n) is 6.42. The van der Waals surface area contributed by atoms with Gasteiger partial charge in [-0.2, -0.15) is 18.4 Å². The highest BCUT2D eigenvalue weighted by Gasteiger charge is 2.47. The van der Waals surface area contributed by atoms with E-state index in [1.807, 2.05) is 6.07 Å². The first kappa shape index (κ1) is 30.3. The van der Waals surface area contributed by atoms with Gasteiger partial charge < -0.3 is 14.6 Å². The summed E-state index contributed by atoms with van der Waals surface area (Å²) in [6, 6.07) is 16.5. The van der Waals surface area contributed by atoms with Crippen molar-refractivity contribution in [3.8, 4) is 6.07 Å². The Labute approximate surface area is 242 Å². The Bertz CT molecular complexity index is 1630. The SMILES string of the molecule is CC1=C(C(=O)O)C(c2ccc(C#N)cc2)N(C(=O)OCC(=O)OCc2ccccc2)C(=O)N1c1cccc(C(F)(F)F)c1. The van der Waals surface area contributed by atoms with Gasteiger partial charge in [0.15, 0.2) is 6.61 Å². The van der Waals surface area contributed by atoms with Crippen LogP contribution in [0.15, 0.2) is 90.1 Å². The lowest BCUT2D eigenvalue weighted by atomic mass is 9.92. The van der Waals surface area contributed by atoms with Gasteiger partial charge in [-0.25, -0.2) is 24.1 Å². The Morgan fingerprint density at radius 1 is 0.977 bits per heavy atom. The van der Waals surface area contributed by atoms with Crippen molar-refractivity contribution in [3.05, 3.63) is 112 Å².